The van der Waals surface area contributed by atoms with E-state index in [1.807, 2.05) is 11.9 Å². The smallest absolute Gasteiger partial charge is 0.222 e. The molecule has 0 spiro atoms. The number of likely N-dealkylation sites (tertiary alicyclic amines) is 1. The molecule has 2 heterocycles. The van der Waals surface area contributed by atoms with Gasteiger partial charge in [-0.05, 0) is 18.1 Å². The van der Waals surface area contributed by atoms with Crippen molar-refractivity contribution in [1.29, 1.82) is 0 Å². The van der Waals surface area contributed by atoms with E-state index in [2.05, 4.69) is 40.1 Å². The van der Waals surface area contributed by atoms with Crippen LogP contribution < -0.4 is 4.90 Å². The van der Waals surface area contributed by atoms with E-state index in [1.165, 1.54) is 5.69 Å². The van der Waals surface area contributed by atoms with Crippen LogP contribution in [-0.2, 0) is 4.79 Å². The minimum absolute atomic E-state index is 0.304. The fraction of sp³-hybridized carbons (Fsp3) is 0.562. The Labute approximate surface area is 121 Å². The predicted octanol–water partition coefficient (Wildman–Crippen LogP) is 1.29. The molecule has 0 radical (unpaired) electrons. The quantitative estimate of drug-likeness (QED) is 0.830. The summed E-state index contributed by atoms with van der Waals surface area (Å²) in [7, 11) is 1.91. The highest BCUT2D eigenvalue weighted by atomic mass is 16.2. The molecule has 2 fully saturated rings. The summed E-state index contributed by atoms with van der Waals surface area (Å²) >= 11 is 0. The lowest BCUT2D eigenvalue weighted by Gasteiger charge is -2.37. The molecule has 108 valence electrons. The number of benzene rings is 1. The van der Waals surface area contributed by atoms with Gasteiger partial charge in [0.25, 0.3) is 0 Å². The molecular formula is C16H23N3O. The first-order valence-corrected chi connectivity index (χ1v) is 7.48. The van der Waals surface area contributed by atoms with E-state index in [0.29, 0.717) is 11.8 Å². The molecule has 2 aliphatic rings. The van der Waals surface area contributed by atoms with Crippen molar-refractivity contribution < 1.29 is 4.79 Å². The molecule has 2 aliphatic heterocycles. The second-order valence-electron chi connectivity index (χ2n) is 5.97. The second kappa shape index (κ2) is 5.83. The van der Waals surface area contributed by atoms with E-state index >= 15 is 0 Å². The van der Waals surface area contributed by atoms with E-state index < -0.39 is 0 Å². The van der Waals surface area contributed by atoms with Crippen molar-refractivity contribution in [3.8, 4) is 0 Å². The third kappa shape index (κ3) is 2.96. The van der Waals surface area contributed by atoms with Gasteiger partial charge >= 0.3 is 0 Å². The molecule has 0 saturated carbocycles. The van der Waals surface area contributed by atoms with Gasteiger partial charge in [0.2, 0.25) is 5.91 Å². The summed E-state index contributed by atoms with van der Waals surface area (Å²) < 4.78 is 0. The minimum Gasteiger partial charge on any atom is -0.369 e. The average Bonchev–Trinajstić information content (AvgIpc) is 2.79. The van der Waals surface area contributed by atoms with Crippen LogP contribution in [0, 0.1) is 5.92 Å². The SMILES string of the molecule is CN1CC(CN2CCN(c3ccccc3)CC2)CC1=O. The van der Waals surface area contributed by atoms with Crippen LogP contribution >= 0.6 is 0 Å². The maximum Gasteiger partial charge on any atom is 0.222 e. The lowest BCUT2D eigenvalue weighted by molar-refractivity contribution is -0.126. The Morgan fingerprint density at radius 2 is 1.80 bits per heavy atom. The third-order valence-electron chi connectivity index (χ3n) is 4.43. The van der Waals surface area contributed by atoms with Gasteiger partial charge in [0.15, 0.2) is 0 Å². The number of nitrogens with zero attached hydrogens (tertiary/aromatic N) is 3. The van der Waals surface area contributed by atoms with Crippen molar-refractivity contribution in [3.05, 3.63) is 30.3 Å². The van der Waals surface area contributed by atoms with Crippen molar-refractivity contribution in [3.63, 3.8) is 0 Å². The molecule has 4 heteroatoms. The molecule has 0 bridgehead atoms. The van der Waals surface area contributed by atoms with Gasteiger partial charge < -0.3 is 9.80 Å². The maximum atomic E-state index is 11.6. The summed E-state index contributed by atoms with van der Waals surface area (Å²) in [5.74, 6) is 0.827. The van der Waals surface area contributed by atoms with Crippen LogP contribution in [0.25, 0.3) is 0 Å². The van der Waals surface area contributed by atoms with Gasteiger partial charge in [-0.1, -0.05) is 18.2 Å². The van der Waals surface area contributed by atoms with Gasteiger partial charge in [0.05, 0.1) is 0 Å². The first-order chi connectivity index (χ1) is 9.72. The van der Waals surface area contributed by atoms with Gasteiger partial charge in [0, 0.05) is 58.4 Å². The largest absolute Gasteiger partial charge is 0.369 e. The predicted molar refractivity (Wildman–Crippen MR) is 80.8 cm³/mol. The second-order valence-corrected chi connectivity index (χ2v) is 5.97. The number of hydrogen-bond acceptors (Lipinski definition) is 3. The van der Waals surface area contributed by atoms with Crippen LogP contribution in [0.15, 0.2) is 30.3 Å². The zero-order valence-electron chi connectivity index (χ0n) is 12.2. The number of hydrogen-bond donors (Lipinski definition) is 0. The molecule has 2 saturated heterocycles. The topological polar surface area (TPSA) is 26.8 Å². The van der Waals surface area contributed by atoms with Gasteiger partial charge in [-0.2, -0.15) is 0 Å². The van der Waals surface area contributed by atoms with Crippen LogP contribution in [-0.4, -0.2) is 62.0 Å². The number of carbonyl (C=O) groups is 1. The number of rotatable bonds is 3. The van der Waals surface area contributed by atoms with E-state index in [-0.39, 0.29) is 0 Å². The van der Waals surface area contributed by atoms with Crippen LogP contribution in [0.3, 0.4) is 0 Å². The Hall–Kier alpha value is -1.55. The fourth-order valence-electron chi connectivity index (χ4n) is 3.27. The summed E-state index contributed by atoms with van der Waals surface area (Å²) in [6, 6.07) is 10.6. The Morgan fingerprint density at radius 3 is 2.40 bits per heavy atom. The molecule has 1 atom stereocenters. The van der Waals surface area contributed by atoms with E-state index in [4.69, 9.17) is 0 Å². The molecule has 4 nitrogen and oxygen atoms in total. The first kappa shape index (κ1) is 13.4. The standard InChI is InChI=1S/C16H23N3O/c1-17-12-14(11-16(17)20)13-18-7-9-19(10-8-18)15-5-3-2-4-6-15/h2-6,14H,7-13H2,1H3. The molecule has 0 aromatic heterocycles. The van der Waals surface area contributed by atoms with Crippen LogP contribution in [0.2, 0.25) is 0 Å². The highest BCUT2D eigenvalue weighted by molar-refractivity contribution is 5.78. The highest BCUT2D eigenvalue weighted by Gasteiger charge is 2.29. The Kier molecular flexibility index (Phi) is 3.92. The molecule has 1 aromatic carbocycles. The average molecular weight is 273 g/mol. The highest BCUT2D eigenvalue weighted by Crippen LogP contribution is 2.20. The first-order valence-electron chi connectivity index (χ1n) is 7.48. The Bertz CT molecular complexity index is 454. The third-order valence-corrected chi connectivity index (χ3v) is 4.43. The van der Waals surface area contributed by atoms with E-state index in [9.17, 15) is 4.79 Å². The summed E-state index contributed by atoms with van der Waals surface area (Å²) in [4.78, 5) is 18.4. The molecule has 20 heavy (non-hydrogen) atoms. The van der Waals surface area contributed by atoms with Crippen LogP contribution in [0.1, 0.15) is 6.42 Å². The van der Waals surface area contributed by atoms with Crippen LogP contribution in [0.4, 0.5) is 5.69 Å². The zero-order valence-corrected chi connectivity index (χ0v) is 12.2. The van der Waals surface area contributed by atoms with Gasteiger partial charge in [-0.25, -0.2) is 0 Å². The number of carbonyl (C=O) groups excluding carboxylic acids is 1. The molecule has 1 unspecified atom stereocenters. The van der Waals surface area contributed by atoms with Crippen molar-refractivity contribution in [1.82, 2.24) is 9.80 Å². The zero-order chi connectivity index (χ0) is 13.9. The summed E-state index contributed by atoms with van der Waals surface area (Å²) in [5.41, 5.74) is 1.32. The molecule has 0 N–H and O–H groups in total. The lowest BCUT2D eigenvalue weighted by atomic mass is 10.1. The van der Waals surface area contributed by atoms with Gasteiger partial charge in [0.1, 0.15) is 0 Å². The molecule has 3 rings (SSSR count). The van der Waals surface area contributed by atoms with Crippen LogP contribution in [0.5, 0.6) is 0 Å². The van der Waals surface area contributed by atoms with Crippen molar-refractivity contribution in [2.24, 2.45) is 5.92 Å². The van der Waals surface area contributed by atoms with E-state index in [0.717, 1.165) is 45.7 Å². The van der Waals surface area contributed by atoms with Crippen molar-refractivity contribution in [2.75, 3.05) is 51.2 Å². The Balaban J connectivity index is 1.48. The monoisotopic (exact) mass is 273 g/mol. The summed E-state index contributed by atoms with van der Waals surface area (Å²) in [6.07, 6.45) is 0.732. The maximum absolute atomic E-state index is 11.6. The van der Waals surface area contributed by atoms with Crippen molar-refractivity contribution >= 4 is 11.6 Å². The lowest BCUT2D eigenvalue weighted by Crippen LogP contribution is -2.48. The van der Waals surface area contributed by atoms with E-state index in [1.54, 1.807) is 0 Å². The van der Waals surface area contributed by atoms with Gasteiger partial charge in [-0.3, -0.25) is 9.69 Å². The molecular weight excluding hydrogens is 250 g/mol. The number of anilines is 1. The molecule has 1 amide bonds. The molecule has 1 aromatic rings. The molecule has 0 aliphatic carbocycles. The fourth-order valence-corrected chi connectivity index (χ4v) is 3.27. The number of piperazine rings is 1. The Morgan fingerprint density at radius 1 is 1.10 bits per heavy atom. The van der Waals surface area contributed by atoms with Crippen molar-refractivity contribution in [2.45, 2.75) is 6.42 Å². The summed E-state index contributed by atoms with van der Waals surface area (Å²) in [5, 5.41) is 0. The summed E-state index contributed by atoms with van der Waals surface area (Å²) in [6.45, 7) is 6.37. The minimum atomic E-state index is 0.304. The van der Waals surface area contributed by atoms with Gasteiger partial charge in [-0.15, -0.1) is 0 Å². The normalized spacial score (nSPS) is 24.4. The number of para-hydroxylation sites is 1. The number of amides is 1.